The summed E-state index contributed by atoms with van der Waals surface area (Å²) in [5.74, 6) is -0.356. The van der Waals surface area contributed by atoms with Crippen molar-refractivity contribution in [1.29, 1.82) is 0 Å². The van der Waals surface area contributed by atoms with Crippen LogP contribution in [0.15, 0.2) is 23.2 Å². The summed E-state index contributed by atoms with van der Waals surface area (Å²) in [6.45, 7) is 2.86. The number of hydrogen-bond donors (Lipinski definition) is 1. The molecule has 1 aromatic rings. The third-order valence-corrected chi connectivity index (χ3v) is 3.22. The standard InChI is InChI=1S/C10H10ClFN2S/c1-6-5-13-10(15-6)14-9-3-2-7(11)4-8(9)12/h2-4,6H,5H2,1H3,(H,13,14). The van der Waals surface area contributed by atoms with E-state index in [9.17, 15) is 4.39 Å². The Hall–Kier alpha value is -0.740. The largest absolute Gasteiger partial charge is 0.333 e. The van der Waals surface area contributed by atoms with E-state index in [1.807, 2.05) is 0 Å². The molecule has 0 saturated carbocycles. The number of aliphatic imine (C=N–C) groups is 1. The molecule has 1 aromatic carbocycles. The number of hydrogen-bond acceptors (Lipinski definition) is 3. The predicted octanol–water partition coefficient (Wildman–Crippen LogP) is 3.38. The molecule has 0 bridgehead atoms. The van der Waals surface area contributed by atoms with Gasteiger partial charge in [0.1, 0.15) is 5.82 Å². The highest BCUT2D eigenvalue weighted by molar-refractivity contribution is 8.15. The van der Waals surface area contributed by atoms with Crippen molar-refractivity contribution >= 4 is 34.2 Å². The monoisotopic (exact) mass is 244 g/mol. The zero-order chi connectivity index (χ0) is 10.8. The van der Waals surface area contributed by atoms with Gasteiger partial charge in [-0.2, -0.15) is 0 Å². The summed E-state index contributed by atoms with van der Waals surface area (Å²) in [6.07, 6.45) is 0. The molecule has 0 aromatic heterocycles. The molecule has 0 fully saturated rings. The summed E-state index contributed by atoms with van der Waals surface area (Å²) in [7, 11) is 0. The first-order valence-corrected chi connectivity index (χ1v) is 5.84. The maximum atomic E-state index is 13.4. The summed E-state index contributed by atoms with van der Waals surface area (Å²) in [5, 5.41) is 4.57. The Kier molecular flexibility index (Phi) is 3.17. The fourth-order valence-corrected chi connectivity index (χ4v) is 2.26. The van der Waals surface area contributed by atoms with Gasteiger partial charge in [-0.25, -0.2) is 4.39 Å². The van der Waals surface area contributed by atoms with E-state index >= 15 is 0 Å². The zero-order valence-electron chi connectivity index (χ0n) is 8.13. The molecule has 2 rings (SSSR count). The van der Waals surface area contributed by atoms with Crippen molar-refractivity contribution < 1.29 is 4.39 Å². The first-order valence-electron chi connectivity index (χ1n) is 4.58. The fraction of sp³-hybridized carbons (Fsp3) is 0.300. The highest BCUT2D eigenvalue weighted by Crippen LogP contribution is 2.24. The molecular formula is C10H10ClFN2S. The Labute approximate surface area is 96.9 Å². The summed E-state index contributed by atoms with van der Waals surface area (Å²) >= 11 is 7.27. The number of anilines is 1. The molecule has 1 aliphatic rings. The molecule has 0 radical (unpaired) electrons. The third-order valence-electron chi connectivity index (χ3n) is 1.98. The lowest BCUT2D eigenvalue weighted by Crippen LogP contribution is -2.07. The van der Waals surface area contributed by atoms with Gasteiger partial charge in [-0.05, 0) is 18.2 Å². The van der Waals surface area contributed by atoms with Crippen molar-refractivity contribution in [2.75, 3.05) is 11.9 Å². The smallest absolute Gasteiger partial charge is 0.161 e. The van der Waals surface area contributed by atoms with Gasteiger partial charge in [0.2, 0.25) is 0 Å². The summed E-state index contributed by atoms with van der Waals surface area (Å²) < 4.78 is 13.4. The average Bonchev–Trinajstić information content (AvgIpc) is 2.56. The minimum Gasteiger partial charge on any atom is -0.333 e. The van der Waals surface area contributed by atoms with E-state index in [1.165, 1.54) is 6.07 Å². The van der Waals surface area contributed by atoms with Gasteiger partial charge < -0.3 is 5.32 Å². The van der Waals surface area contributed by atoms with Crippen LogP contribution in [0.1, 0.15) is 6.92 Å². The Morgan fingerprint density at radius 3 is 3.00 bits per heavy atom. The molecule has 1 unspecified atom stereocenters. The van der Waals surface area contributed by atoms with Crippen LogP contribution in [0.25, 0.3) is 0 Å². The molecule has 0 saturated heterocycles. The second-order valence-electron chi connectivity index (χ2n) is 3.32. The SMILES string of the molecule is CC1CN=C(Nc2ccc(Cl)cc2F)S1. The van der Waals surface area contributed by atoms with Crippen LogP contribution in [0.4, 0.5) is 10.1 Å². The number of amidine groups is 1. The molecule has 80 valence electrons. The van der Waals surface area contributed by atoms with Gasteiger partial charge in [-0.1, -0.05) is 30.3 Å². The van der Waals surface area contributed by atoms with Crippen LogP contribution < -0.4 is 5.32 Å². The van der Waals surface area contributed by atoms with E-state index in [0.717, 1.165) is 11.7 Å². The van der Waals surface area contributed by atoms with Crippen molar-refractivity contribution in [2.45, 2.75) is 12.2 Å². The second kappa shape index (κ2) is 4.41. The Morgan fingerprint density at radius 1 is 1.60 bits per heavy atom. The van der Waals surface area contributed by atoms with E-state index in [2.05, 4.69) is 17.2 Å². The van der Waals surface area contributed by atoms with Gasteiger partial charge in [0.25, 0.3) is 0 Å². The van der Waals surface area contributed by atoms with E-state index in [-0.39, 0.29) is 5.82 Å². The maximum absolute atomic E-state index is 13.4. The molecule has 1 heterocycles. The molecular weight excluding hydrogens is 235 g/mol. The molecule has 5 heteroatoms. The fourth-order valence-electron chi connectivity index (χ4n) is 1.25. The zero-order valence-corrected chi connectivity index (χ0v) is 9.70. The lowest BCUT2D eigenvalue weighted by molar-refractivity contribution is 0.632. The van der Waals surface area contributed by atoms with Crippen molar-refractivity contribution in [1.82, 2.24) is 0 Å². The summed E-state index contributed by atoms with van der Waals surface area (Å²) in [6, 6.07) is 4.55. The third kappa shape index (κ3) is 2.63. The summed E-state index contributed by atoms with van der Waals surface area (Å²) in [4.78, 5) is 4.24. The van der Waals surface area contributed by atoms with Crippen LogP contribution in [-0.2, 0) is 0 Å². The van der Waals surface area contributed by atoms with Crippen molar-refractivity contribution in [2.24, 2.45) is 4.99 Å². The first-order chi connectivity index (χ1) is 7.15. The quantitative estimate of drug-likeness (QED) is 0.819. The van der Waals surface area contributed by atoms with Crippen molar-refractivity contribution in [3.05, 3.63) is 29.0 Å². The molecule has 15 heavy (non-hydrogen) atoms. The highest BCUT2D eigenvalue weighted by atomic mass is 35.5. The van der Waals surface area contributed by atoms with Crippen molar-refractivity contribution in [3.63, 3.8) is 0 Å². The lowest BCUT2D eigenvalue weighted by atomic mass is 10.3. The Balaban J connectivity index is 2.11. The van der Waals surface area contributed by atoms with Gasteiger partial charge in [0, 0.05) is 10.3 Å². The maximum Gasteiger partial charge on any atom is 0.161 e. The number of thioether (sulfide) groups is 1. The molecule has 1 N–H and O–H groups in total. The molecule has 0 aliphatic carbocycles. The van der Waals surface area contributed by atoms with Crippen LogP contribution in [0, 0.1) is 5.82 Å². The second-order valence-corrected chi connectivity index (χ2v) is 5.19. The van der Waals surface area contributed by atoms with Crippen LogP contribution in [-0.4, -0.2) is 17.0 Å². The summed E-state index contributed by atoms with van der Waals surface area (Å²) in [5.41, 5.74) is 0.416. The van der Waals surface area contributed by atoms with Crippen LogP contribution >= 0.6 is 23.4 Å². The Morgan fingerprint density at radius 2 is 2.40 bits per heavy atom. The number of rotatable bonds is 1. The number of nitrogens with one attached hydrogen (secondary N) is 1. The molecule has 0 spiro atoms. The van der Waals surface area contributed by atoms with E-state index in [0.29, 0.717) is 16.0 Å². The van der Waals surface area contributed by atoms with Crippen molar-refractivity contribution in [3.8, 4) is 0 Å². The first kappa shape index (κ1) is 10.8. The number of halogens is 2. The van der Waals surface area contributed by atoms with Crippen LogP contribution in [0.3, 0.4) is 0 Å². The number of benzene rings is 1. The van der Waals surface area contributed by atoms with Gasteiger partial charge >= 0.3 is 0 Å². The Bertz CT molecular complexity index is 408. The van der Waals surface area contributed by atoms with E-state index in [1.54, 1.807) is 23.9 Å². The topological polar surface area (TPSA) is 24.4 Å². The minimum atomic E-state index is -0.356. The van der Waals surface area contributed by atoms with Crippen LogP contribution in [0.5, 0.6) is 0 Å². The average molecular weight is 245 g/mol. The molecule has 2 nitrogen and oxygen atoms in total. The van der Waals surface area contributed by atoms with Crippen LogP contribution in [0.2, 0.25) is 5.02 Å². The number of nitrogens with zero attached hydrogens (tertiary/aromatic N) is 1. The van der Waals surface area contributed by atoms with Gasteiger partial charge in [0.05, 0.1) is 12.2 Å². The van der Waals surface area contributed by atoms with Gasteiger partial charge in [-0.3, -0.25) is 4.99 Å². The van der Waals surface area contributed by atoms with E-state index < -0.39 is 0 Å². The normalized spacial score (nSPS) is 20.2. The molecule has 1 atom stereocenters. The van der Waals surface area contributed by atoms with Gasteiger partial charge in [0.15, 0.2) is 5.17 Å². The minimum absolute atomic E-state index is 0.356. The van der Waals surface area contributed by atoms with E-state index in [4.69, 9.17) is 11.6 Å². The predicted molar refractivity (Wildman–Crippen MR) is 64.4 cm³/mol. The lowest BCUT2D eigenvalue weighted by Gasteiger charge is -2.07. The molecule has 1 aliphatic heterocycles. The molecule has 0 amide bonds. The van der Waals surface area contributed by atoms with Gasteiger partial charge in [-0.15, -0.1) is 0 Å². The highest BCUT2D eigenvalue weighted by Gasteiger charge is 2.15.